The average Bonchev–Trinajstić information content (AvgIpc) is 2.94. The minimum absolute atomic E-state index is 0.130. The summed E-state index contributed by atoms with van der Waals surface area (Å²) in [5.41, 5.74) is 0.828. The molecule has 0 atom stereocenters. The molecule has 0 radical (unpaired) electrons. The highest BCUT2D eigenvalue weighted by molar-refractivity contribution is 6.30. The Bertz CT molecular complexity index is 1230. The highest BCUT2D eigenvalue weighted by Crippen LogP contribution is 2.27. The summed E-state index contributed by atoms with van der Waals surface area (Å²) >= 11 is 6.45. The number of halogens is 1. The molecule has 0 N–H and O–H groups in total. The number of fused-ring (bicyclic) bond motifs is 1. The van der Waals surface area contributed by atoms with Crippen LogP contribution < -0.4 is 4.90 Å². The molecule has 1 saturated heterocycles. The maximum atomic E-state index is 13.5. The molecular weight excluding hydrogens is 524 g/mol. The zero-order valence-electron chi connectivity index (χ0n) is 25.3. The first-order valence-corrected chi connectivity index (χ1v) is 14.5. The number of ether oxygens (including phenoxy) is 1. The Hall–Kier alpha value is -3.32. The Morgan fingerprint density at radius 3 is 2.25 bits per heavy atom. The number of aliphatic imine (C=N–C) groups is 1. The Morgan fingerprint density at radius 2 is 1.62 bits per heavy atom. The van der Waals surface area contributed by atoms with E-state index in [0.717, 1.165) is 29.3 Å². The van der Waals surface area contributed by atoms with E-state index < -0.39 is 5.60 Å². The zero-order chi connectivity index (χ0) is 29.9. The van der Waals surface area contributed by atoms with Gasteiger partial charge in [-0.3, -0.25) is 4.79 Å². The molecule has 0 saturated carbocycles. The number of unbranched alkanes of at least 4 members (excludes halogenated alkanes) is 1. The monoisotopic (exact) mass is 568 g/mol. The summed E-state index contributed by atoms with van der Waals surface area (Å²) in [5.74, 6) is 0.471. The number of carbonyl (C=O) groups is 2. The highest BCUT2D eigenvalue weighted by atomic mass is 35.5. The fraction of sp³-hybridized carbons (Fsp3) is 0.469. The molecule has 8 heteroatoms. The van der Waals surface area contributed by atoms with Crippen molar-refractivity contribution >= 4 is 45.9 Å². The third-order valence-corrected chi connectivity index (χ3v) is 6.43. The molecule has 0 spiro atoms. The fourth-order valence-electron chi connectivity index (χ4n) is 4.19. The van der Waals surface area contributed by atoms with E-state index in [0.29, 0.717) is 42.7 Å². The van der Waals surface area contributed by atoms with Crippen molar-refractivity contribution < 1.29 is 14.3 Å². The number of benzene rings is 2. The molecule has 1 fully saturated rings. The van der Waals surface area contributed by atoms with Crippen molar-refractivity contribution in [1.29, 1.82) is 0 Å². The molecule has 1 aliphatic rings. The SMILES string of the molecule is CC.CCC/C=C(Cl)/N=C(\C=C(/C)C(=O)N(C)c1cccc2ccccc12)N1CCN(C(=O)OC(C)(C)C)CC1. The van der Waals surface area contributed by atoms with Crippen LogP contribution in [-0.2, 0) is 9.53 Å². The Balaban J connectivity index is 0.00000274. The number of hydrogen-bond donors (Lipinski definition) is 0. The lowest BCUT2D eigenvalue weighted by Gasteiger charge is -2.36. The van der Waals surface area contributed by atoms with Crippen LogP contribution in [0, 0.1) is 0 Å². The zero-order valence-corrected chi connectivity index (χ0v) is 26.1. The predicted octanol–water partition coefficient (Wildman–Crippen LogP) is 7.61. The minimum Gasteiger partial charge on any atom is -0.444 e. The van der Waals surface area contributed by atoms with Gasteiger partial charge in [-0.2, -0.15) is 0 Å². The van der Waals surface area contributed by atoms with Crippen molar-refractivity contribution in [1.82, 2.24) is 9.80 Å². The van der Waals surface area contributed by atoms with Gasteiger partial charge in [-0.15, -0.1) is 0 Å². The molecule has 0 aliphatic carbocycles. The minimum atomic E-state index is -0.547. The molecule has 40 heavy (non-hydrogen) atoms. The smallest absolute Gasteiger partial charge is 0.410 e. The summed E-state index contributed by atoms with van der Waals surface area (Å²) in [6.07, 6.45) is 5.11. The molecule has 218 valence electrons. The van der Waals surface area contributed by atoms with Crippen LogP contribution in [0.4, 0.5) is 10.5 Å². The number of piperazine rings is 1. The summed E-state index contributed by atoms with van der Waals surface area (Å²) in [7, 11) is 1.78. The van der Waals surface area contributed by atoms with Gasteiger partial charge >= 0.3 is 6.09 Å². The van der Waals surface area contributed by atoms with Crippen molar-refractivity contribution in [2.45, 2.75) is 66.9 Å². The third-order valence-electron chi connectivity index (χ3n) is 6.19. The van der Waals surface area contributed by atoms with E-state index in [9.17, 15) is 9.59 Å². The molecule has 0 unspecified atom stereocenters. The summed E-state index contributed by atoms with van der Waals surface area (Å²) in [6, 6.07) is 13.9. The summed E-state index contributed by atoms with van der Waals surface area (Å²) in [5, 5.41) is 2.47. The van der Waals surface area contributed by atoms with Gasteiger partial charge in [-0.1, -0.05) is 75.2 Å². The first kappa shape index (κ1) is 32.9. The summed E-state index contributed by atoms with van der Waals surface area (Å²) in [4.78, 5) is 36.1. The largest absolute Gasteiger partial charge is 0.444 e. The highest BCUT2D eigenvalue weighted by Gasteiger charge is 2.27. The van der Waals surface area contributed by atoms with Gasteiger partial charge in [0.2, 0.25) is 0 Å². The van der Waals surface area contributed by atoms with Crippen molar-refractivity contribution in [3.63, 3.8) is 0 Å². The van der Waals surface area contributed by atoms with Crippen molar-refractivity contribution in [3.8, 4) is 0 Å². The van der Waals surface area contributed by atoms with E-state index >= 15 is 0 Å². The quantitative estimate of drug-likeness (QED) is 0.156. The van der Waals surface area contributed by atoms with Crippen LogP contribution in [0.3, 0.4) is 0 Å². The Morgan fingerprint density at radius 1 is 1.02 bits per heavy atom. The van der Waals surface area contributed by atoms with E-state index in [1.165, 1.54) is 0 Å². The summed E-state index contributed by atoms with van der Waals surface area (Å²) < 4.78 is 5.52. The van der Waals surface area contributed by atoms with Crippen LogP contribution in [0.1, 0.15) is 61.3 Å². The first-order chi connectivity index (χ1) is 19.0. The molecule has 2 amide bonds. The van der Waals surface area contributed by atoms with Crippen LogP contribution in [0.2, 0.25) is 0 Å². The van der Waals surface area contributed by atoms with Gasteiger partial charge in [0.15, 0.2) is 0 Å². The normalized spacial score (nSPS) is 15.0. The number of anilines is 1. The number of amidine groups is 1. The van der Waals surface area contributed by atoms with E-state index in [1.54, 1.807) is 29.8 Å². The lowest BCUT2D eigenvalue weighted by Crippen LogP contribution is -2.51. The van der Waals surface area contributed by atoms with Crippen LogP contribution in [0.25, 0.3) is 10.8 Å². The molecule has 1 heterocycles. The van der Waals surface area contributed by atoms with Gasteiger partial charge in [-0.05, 0) is 57.7 Å². The molecule has 2 aromatic carbocycles. The topological polar surface area (TPSA) is 65.5 Å². The lowest BCUT2D eigenvalue weighted by atomic mass is 10.1. The van der Waals surface area contributed by atoms with Gasteiger partial charge < -0.3 is 19.4 Å². The molecule has 2 aromatic rings. The fourth-order valence-corrected chi connectivity index (χ4v) is 4.38. The predicted molar refractivity (Wildman–Crippen MR) is 168 cm³/mol. The second-order valence-electron chi connectivity index (χ2n) is 10.4. The van der Waals surface area contributed by atoms with Gasteiger partial charge in [-0.25, -0.2) is 9.79 Å². The maximum Gasteiger partial charge on any atom is 0.410 e. The van der Waals surface area contributed by atoms with Gasteiger partial charge in [0.05, 0.1) is 5.69 Å². The first-order valence-electron chi connectivity index (χ1n) is 14.1. The second kappa shape index (κ2) is 15.5. The molecule has 7 nitrogen and oxygen atoms in total. The van der Waals surface area contributed by atoms with Crippen LogP contribution in [0.15, 0.2) is 70.3 Å². The number of nitrogens with zero attached hydrogens (tertiary/aromatic N) is 4. The number of hydrogen-bond acceptors (Lipinski definition) is 4. The number of carbonyl (C=O) groups excluding carboxylic acids is 2. The van der Waals surface area contributed by atoms with Crippen molar-refractivity contribution in [3.05, 3.63) is 65.3 Å². The second-order valence-corrected chi connectivity index (χ2v) is 10.8. The molecule has 0 bridgehead atoms. The van der Waals surface area contributed by atoms with E-state index in [2.05, 4.69) is 16.8 Å². The Kier molecular flexibility index (Phi) is 12.7. The van der Waals surface area contributed by atoms with Crippen molar-refractivity contribution in [2.75, 3.05) is 38.1 Å². The number of allylic oxidation sites excluding steroid dienone is 1. The molecular formula is C32H45ClN4O3. The molecule has 1 aliphatic heterocycles. The van der Waals surface area contributed by atoms with Crippen LogP contribution in [0.5, 0.6) is 0 Å². The van der Waals surface area contributed by atoms with Crippen molar-refractivity contribution in [2.24, 2.45) is 4.99 Å². The molecule has 3 rings (SSSR count). The lowest BCUT2D eigenvalue weighted by molar-refractivity contribution is -0.114. The van der Waals surface area contributed by atoms with E-state index in [-0.39, 0.29) is 12.0 Å². The molecule has 0 aromatic heterocycles. The average molecular weight is 569 g/mol. The van der Waals surface area contributed by atoms with E-state index in [4.69, 9.17) is 16.3 Å². The number of rotatable bonds is 6. The van der Waals surface area contributed by atoms with Gasteiger partial charge in [0.1, 0.15) is 16.6 Å². The third kappa shape index (κ3) is 9.40. The number of amides is 2. The maximum absolute atomic E-state index is 13.5. The van der Waals surface area contributed by atoms with E-state index in [1.807, 2.05) is 83.2 Å². The summed E-state index contributed by atoms with van der Waals surface area (Å²) in [6.45, 7) is 15.5. The van der Waals surface area contributed by atoms with Crippen LogP contribution >= 0.6 is 11.6 Å². The van der Waals surface area contributed by atoms with Crippen LogP contribution in [-0.4, -0.2) is 66.5 Å². The Labute approximate surface area is 245 Å². The number of likely N-dealkylation sites (N-methyl/N-ethyl adjacent to an activating group) is 1. The van der Waals surface area contributed by atoms with Gasteiger partial charge in [0.25, 0.3) is 5.91 Å². The van der Waals surface area contributed by atoms with Gasteiger partial charge in [0, 0.05) is 44.2 Å². The standard InChI is InChI=1S/C30H39ClN4O3.C2H6/c1-7-8-16-26(31)32-27(34-17-19-35(20-18-34)29(37)38-30(3,4)5)21-22(2)28(36)33(6)25-15-11-13-23-12-9-10-14-24(23)25;1-2/h9-16,21H,7-8,17-20H2,1-6H3;1-2H3/b22-21+,26-16+,32-27+;.